The van der Waals surface area contributed by atoms with E-state index in [-0.39, 0.29) is 18.1 Å². The van der Waals surface area contributed by atoms with Crippen molar-refractivity contribution in [1.29, 1.82) is 0 Å². The van der Waals surface area contributed by atoms with Crippen molar-refractivity contribution in [2.75, 3.05) is 24.7 Å². The minimum Gasteiger partial charge on any atom is -0.382 e. The number of nitrogens with zero attached hydrogens (tertiary/aromatic N) is 2. The lowest BCUT2D eigenvalue weighted by Crippen LogP contribution is -2.41. The van der Waals surface area contributed by atoms with Gasteiger partial charge in [-0.2, -0.15) is 0 Å². The van der Waals surface area contributed by atoms with Crippen LogP contribution in [0.1, 0.15) is 28.9 Å². The Hall–Kier alpha value is -1.34. The number of anilines is 2. The first-order chi connectivity index (χ1) is 9.04. The quantitative estimate of drug-likeness (QED) is 0.858. The van der Waals surface area contributed by atoms with E-state index in [0.717, 1.165) is 24.4 Å². The van der Waals surface area contributed by atoms with Gasteiger partial charge in [0.2, 0.25) is 0 Å². The molecule has 3 heterocycles. The largest absolute Gasteiger partial charge is 0.382 e. The van der Waals surface area contributed by atoms with Crippen LogP contribution in [-0.2, 0) is 4.74 Å². The number of thiazole rings is 1. The number of nitrogen functional groups attached to an aromatic ring is 1. The second kappa shape index (κ2) is 4.64. The highest BCUT2D eigenvalue weighted by Crippen LogP contribution is 2.35. The molecule has 0 radical (unpaired) electrons. The molecule has 2 saturated heterocycles. The standard InChI is InChI=1S/C12H18N4O2S/c1-16(2)12-15-10(13)9(19-12)11(17)14-7-5-6-3-4-8(7)18-6/h6-8H,3-5,13H2,1-2H3,(H,14,17). The molecule has 2 aliphatic rings. The van der Waals surface area contributed by atoms with Gasteiger partial charge in [-0.15, -0.1) is 0 Å². The molecule has 0 saturated carbocycles. The van der Waals surface area contributed by atoms with Crippen LogP contribution in [0.25, 0.3) is 0 Å². The maximum Gasteiger partial charge on any atom is 0.265 e. The number of carbonyl (C=O) groups excluding carboxylic acids is 1. The van der Waals surface area contributed by atoms with E-state index in [0.29, 0.717) is 16.8 Å². The van der Waals surface area contributed by atoms with E-state index >= 15 is 0 Å². The van der Waals surface area contributed by atoms with Crippen LogP contribution < -0.4 is 16.0 Å². The first kappa shape index (κ1) is 12.7. The van der Waals surface area contributed by atoms with Crippen molar-refractivity contribution in [1.82, 2.24) is 10.3 Å². The molecule has 3 unspecified atom stereocenters. The number of ether oxygens (including phenoxy) is 1. The molecule has 6 nitrogen and oxygen atoms in total. The van der Waals surface area contributed by atoms with Crippen molar-refractivity contribution in [3.05, 3.63) is 4.88 Å². The number of nitrogens with two attached hydrogens (primary N) is 1. The van der Waals surface area contributed by atoms with Crippen LogP contribution in [-0.4, -0.2) is 43.2 Å². The Morgan fingerprint density at radius 2 is 2.32 bits per heavy atom. The van der Waals surface area contributed by atoms with E-state index in [1.54, 1.807) is 0 Å². The Morgan fingerprint density at radius 3 is 2.84 bits per heavy atom. The van der Waals surface area contributed by atoms with Gasteiger partial charge >= 0.3 is 0 Å². The minimum atomic E-state index is -0.135. The second-order valence-corrected chi connectivity index (χ2v) is 6.27. The van der Waals surface area contributed by atoms with Crippen LogP contribution in [0.5, 0.6) is 0 Å². The lowest BCUT2D eigenvalue weighted by molar-refractivity contribution is 0.0844. The minimum absolute atomic E-state index is 0.121. The third kappa shape index (κ3) is 2.28. The fraction of sp³-hybridized carbons (Fsp3) is 0.667. The molecular formula is C12H18N4O2S. The number of fused-ring (bicyclic) bond motifs is 2. The van der Waals surface area contributed by atoms with Crippen molar-refractivity contribution in [3.63, 3.8) is 0 Å². The zero-order chi connectivity index (χ0) is 13.6. The number of hydrogen-bond donors (Lipinski definition) is 2. The topological polar surface area (TPSA) is 80.5 Å². The lowest BCUT2D eigenvalue weighted by Gasteiger charge is -2.19. The highest BCUT2D eigenvalue weighted by Gasteiger charge is 2.41. The van der Waals surface area contributed by atoms with Gasteiger partial charge in [0, 0.05) is 14.1 Å². The normalized spacial score (nSPS) is 28.6. The van der Waals surface area contributed by atoms with Gasteiger partial charge in [-0.1, -0.05) is 11.3 Å². The first-order valence-electron chi connectivity index (χ1n) is 6.44. The van der Waals surface area contributed by atoms with Gasteiger partial charge in [0.1, 0.15) is 10.7 Å². The molecule has 1 aromatic rings. The number of carbonyl (C=O) groups is 1. The van der Waals surface area contributed by atoms with Crippen molar-refractivity contribution in [2.45, 2.75) is 37.5 Å². The zero-order valence-corrected chi connectivity index (χ0v) is 11.9. The molecule has 7 heteroatoms. The predicted octanol–water partition coefficient (Wildman–Crippen LogP) is 0.841. The molecule has 2 fully saturated rings. The van der Waals surface area contributed by atoms with Crippen molar-refractivity contribution < 1.29 is 9.53 Å². The van der Waals surface area contributed by atoms with E-state index in [4.69, 9.17) is 10.5 Å². The summed E-state index contributed by atoms with van der Waals surface area (Å²) in [5.74, 6) is 0.166. The third-order valence-electron chi connectivity index (χ3n) is 3.65. The van der Waals surface area contributed by atoms with Gasteiger partial charge in [0.15, 0.2) is 5.13 Å². The second-order valence-electron chi connectivity index (χ2n) is 5.29. The molecule has 0 aromatic carbocycles. The van der Waals surface area contributed by atoms with Crippen LogP contribution in [0.3, 0.4) is 0 Å². The molecule has 104 valence electrons. The molecular weight excluding hydrogens is 264 g/mol. The Balaban J connectivity index is 1.70. The number of rotatable bonds is 3. The first-order valence-corrected chi connectivity index (χ1v) is 7.26. The molecule has 1 aromatic heterocycles. The van der Waals surface area contributed by atoms with Gasteiger partial charge in [0.05, 0.1) is 18.2 Å². The summed E-state index contributed by atoms with van der Waals surface area (Å²) < 4.78 is 5.73. The van der Waals surface area contributed by atoms with Crippen LogP contribution in [0.15, 0.2) is 0 Å². The Morgan fingerprint density at radius 1 is 1.53 bits per heavy atom. The fourth-order valence-corrected chi connectivity index (χ4v) is 3.51. The summed E-state index contributed by atoms with van der Waals surface area (Å²) in [4.78, 5) is 18.8. The highest BCUT2D eigenvalue weighted by atomic mass is 32.1. The molecule has 2 aliphatic heterocycles. The van der Waals surface area contributed by atoms with Crippen molar-refractivity contribution in [2.24, 2.45) is 0 Å². The molecule has 0 spiro atoms. The van der Waals surface area contributed by atoms with Crippen molar-refractivity contribution in [3.8, 4) is 0 Å². The molecule has 3 rings (SSSR count). The summed E-state index contributed by atoms with van der Waals surface area (Å²) in [5, 5.41) is 3.77. The number of hydrogen-bond acceptors (Lipinski definition) is 6. The van der Waals surface area contributed by atoms with Crippen LogP contribution in [0.4, 0.5) is 10.9 Å². The van der Waals surface area contributed by atoms with Gasteiger partial charge in [-0.3, -0.25) is 4.79 Å². The Kier molecular flexibility index (Phi) is 3.10. The highest BCUT2D eigenvalue weighted by molar-refractivity contribution is 7.18. The van der Waals surface area contributed by atoms with Gasteiger partial charge in [-0.05, 0) is 19.3 Å². The van der Waals surface area contributed by atoms with E-state index < -0.39 is 0 Å². The third-order valence-corrected chi connectivity index (χ3v) is 4.89. The van der Waals surface area contributed by atoms with Crippen LogP contribution in [0, 0.1) is 0 Å². The van der Waals surface area contributed by atoms with Gasteiger partial charge < -0.3 is 20.7 Å². The molecule has 3 atom stereocenters. The van der Waals surface area contributed by atoms with Gasteiger partial charge in [-0.25, -0.2) is 4.98 Å². The summed E-state index contributed by atoms with van der Waals surface area (Å²) in [7, 11) is 3.76. The van der Waals surface area contributed by atoms with E-state index in [2.05, 4.69) is 10.3 Å². The summed E-state index contributed by atoms with van der Waals surface area (Å²) in [6.45, 7) is 0. The number of amides is 1. The molecule has 19 heavy (non-hydrogen) atoms. The fourth-order valence-electron chi connectivity index (χ4n) is 2.70. The monoisotopic (exact) mass is 282 g/mol. The molecule has 1 amide bonds. The lowest BCUT2D eigenvalue weighted by atomic mass is 9.95. The molecule has 0 aliphatic carbocycles. The summed E-state index contributed by atoms with van der Waals surface area (Å²) in [6.07, 6.45) is 3.57. The van der Waals surface area contributed by atoms with Gasteiger partial charge in [0.25, 0.3) is 5.91 Å². The van der Waals surface area contributed by atoms with Crippen LogP contribution in [0.2, 0.25) is 0 Å². The predicted molar refractivity (Wildman–Crippen MR) is 74.6 cm³/mol. The molecule has 2 bridgehead atoms. The summed E-state index contributed by atoms with van der Waals surface area (Å²) in [6, 6.07) is 0.121. The van der Waals surface area contributed by atoms with Crippen molar-refractivity contribution >= 4 is 28.2 Å². The zero-order valence-electron chi connectivity index (χ0n) is 11.0. The Bertz CT molecular complexity index is 502. The van der Waals surface area contributed by atoms with E-state index in [1.807, 2.05) is 19.0 Å². The average molecular weight is 282 g/mol. The maximum atomic E-state index is 12.2. The maximum absolute atomic E-state index is 12.2. The summed E-state index contributed by atoms with van der Waals surface area (Å²) in [5.41, 5.74) is 5.81. The van der Waals surface area contributed by atoms with E-state index in [1.165, 1.54) is 11.3 Å². The van der Waals surface area contributed by atoms with Crippen LogP contribution >= 0.6 is 11.3 Å². The average Bonchev–Trinajstić information content (AvgIpc) is 3.02. The Labute approximate surface area is 115 Å². The smallest absolute Gasteiger partial charge is 0.265 e. The van der Waals surface area contributed by atoms with E-state index in [9.17, 15) is 4.79 Å². The summed E-state index contributed by atoms with van der Waals surface area (Å²) >= 11 is 1.32. The number of aromatic nitrogens is 1. The SMILES string of the molecule is CN(C)c1nc(N)c(C(=O)NC2CC3CCC2O3)s1. The number of nitrogens with one attached hydrogen (secondary N) is 1. The molecule has 3 N–H and O–H groups in total.